The van der Waals surface area contributed by atoms with Crippen LogP contribution in [-0.4, -0.2) is 40.9 Å². The summed E-state index contributed by atoms with van der Waals surface area (Å²) in [5.41, 5.74) is -0.386. The largest absolute Gasteiger partial charge is 0.444 e. The summed E-state index contributed by atoms with van der Waals surface area (Å²) in [6, 6.07) is 0. The van der Waals surface area contributed by atoms with E-state index in [4.69, 9.17) is 4.74 Å². The molecule has 0 aromatic carbocycles. The molecule has 0 aromatic heterocycles. The summed E-state index contributed by atoms with van der Waals surface area (Å²) in [5, 5.41) is 10.3. The summed E-state index contributed by atoms with van der Waals surface area (Å²) in [4.78, 5) is 13.6. The first-order valence-corrected chi connectivity index (χ1v) is 6.98. The van der Waals surface area contributed by atoms with Crippen LogP contribution in [0.5, 0.6) is 0 Å². The van der Waals surface area contributed by atoms with Gasteiger partial charge in [0.25, 0.3) is 0 Å². The Morgan fingerprint density at radius 2 is 1.89 bits per heavy atom. The molecule has 2 rings (SSSR count). The predicted octanol–water partition coefficient (Wildman–Crippen LogP) is 2.55. The van der Waals surface area contributed by atoms with Gasteiger partial charge in [0.05, 0.1) is 12.6 Å². The number of carbonyl (C=O) groups excluding carboxylic acids is 1. The number of likely N-dealkylation sites (tertiary alicyclic amines) is 1. The minimum absolute atomic E-state index is 0.0819. The third-order valence-electron chi connectivity index (χ3n) is 4.23. The topological polar surface area (TPSA) is 49.8 Å². The Morgan fingerprint density at radius 3 is 2.39 bits per heavy atom. The van der Waals surface area contributed by atoms with Crippen LogP contribution in [-0.2, 0) is 4.74 Å². The molecule has 104 valence electrons. The lowest BCUT2D eigenvalue weighted by Gasteiger charge is -2.43. The van der Waals surface area contributed by atoms with Crippen molar-refractivity contribution in [3.05, 3.63) is 0 Å². The van der Waals surface area contributed by atoms with Crippen molar-refractivity contribution in [1.82, 2.24) is 4.90 Å². The number of rotatable bonds is 0. The highest BCUT2D eigenvalue weighted by molar-refractivity contribution is 5.68. The summed E-state index contributed by atoms with van der Waals surface area (Å²) >= 11 is 0. The van der Waals surface area contributed by atoms with E-state index < -0.39 is 5.60 Å². The second-order valence-electron chi connectivity index (χ2n) is 6.76. The normalized spacial score (nSPS) is 27.6. The van der Waals surface area contributed by atoms with Gasteiger partial charge in [-0.15, -0.1) is 0 Å². The molecule has 1 aliphatic heterocycles. The van der Waals surface area contributed by atoms with Crippen LogP contribution in [0.2, 0.25) is 0 Å². The lowest BCUT2D eigenvalue weighted by Crippen LogP contribution is -2.52. The molecule has 1 N–H and O–H groups in total. The van der Waals surface area contributed by atoms with Crippen LogP contribution in [0.3, 0.4) is 0 Å². The molecule has 4 nitrogen and oxygen atoms in total. The molecular weight excluding hydrogens is 230 g/mol. The second-order valence-corrected chi connectivity index (χ2v) is 6.76. The summed E-state index contributed by atoms with van der Waals surface area (Å²) in [7, 11) is 0. The van der Waals surface area contributed by atoms with Gasteiger partial charge in [0.1, 0.15) is 5.60 Å². The quantitative estimate of drug-likeness (QED) is 0.723. The van der Waals surface area contributed by atoms with Gasteiger partial charge >= 0.3 is 6.09 Å². The van der Waals surface area contributed by atoms with Crippen molar-refractivity contribution in [1.29, 1.82) is 0 Å². The number of ether oxygens (including phenoxy) is 1. The minimum atomic E-state index is -0.468. The number of aliphatic hydroxyl groups excluding tert-OH is 1. The van der Waals surface area contributed by atoms with Gasteiger partial charge in [0.2, 0.25) is 0 Å². The van der Waals surface area contributed by atoms with Gasteiger partial charge in [0, 0.05) is 6.54 Å². The molecule has 2 aliphatic rings. The first-order valence-electron chi connectivity index (χ1n) is 6.98. The molecule has 0 aromatic rings. The van der Waals surface area contributed by atoms with Gasteiger partial charge in [-0.25, -0.2) is 4.79 Å². The monoisotopic (exact) mass is 255 g/mol. The maximum absolute atomic E-state index is 12.0. The molecule has 1 spiro atoms. The van der Waals surface area contributed by atoms with Crippen molar-refractivity contribution in [3.63, 3.8) is 0 Å². The van der Waals surface area contributed by atoms with Gasteiger partial charge in [0.15, 0.2) is 0 Å². The van der Waals surface area contributed by atoms with E-state index in [2.05, 4.69) is 0 Å². The summed E-state index contributed by atoms with van der Waals surface area (Å²) < 4.78 is 5.35. The number of β-amino-alcohol motifs (C(OH)–C–C–N with tert-alkyl or cyclic N) is 1. The van der Waals surface area contributed by atoms with Crippen molar-refractivity contribution < 1.29 is 14.6 Å². The molecule has 1 saturated carbocycles. The molecule has 2 fully saturated rings. The summed E-state index contributed by atoms with van der Waals surface area (Å²) in [6.07, 6.45) is 4.86. The third-order valence-corrected chi connectivity index (χ3v) is 4.23. The van der Waals surface area contributed by atoms with Gasteiger partial charge in [-0.2, -0.15) is 0 Å². The van der Waals surface area contributed by atoms with Gasteiger partial charge < -0.3 is 14.7 Å². The van der Waals surface area contributed by atoms with E-state index in [0.29, 0.717) is 13.1 Å². The Labute approximate surface area is 109 Å². The van der Waals surface area contributed by atoms with E-state index in [0.717, 1.165) is 19.3 Å². The number of amides is 1. The SMILES string of the molecule is CC(C)(C)OC(=O)N1CCC2(CCCC2)C(O)C1. The number of hydrogen-bond acceptors (Lipinski definition) is 3. The van der Waals surface area contributed by atoms with E-state index in [1.165, 1.54) is 12.8 Å². The molecule has 1 heterocycles. The zero-order valence-corrected chi connectivity index (χ0v) is 11.7. The zero-order valence-electron chi connectivity index (χ0n) is 11.7. The van der Waals surface area contributed by atoms with Crippen LogP contribution in [0.4, 0.5) is 4.79 Å². The molecule has 1 aliphatic carbocycles. The lowest BCUT2D eigenvalue weighted by molar-refractivity contribution is -0.0510. The smallest absolute Gasteiger partial charge is 0.410 e. The van der Waals surface area contributed by atoms with Gasteiger partial charge in [-0.05, 0) is 45.4 Å². The van der Waals surface area contributed by atoms with Crippen molar-refractivity contribution in [2.45, 2.75) is 64.6 Å². The van der Waals surface area contributed by atoms with Crippen LogP contribution in [0.1, 0.15) is 52.9 Å². The molecular formula is C14H25NO3. The fourth-order valence-corrected chi connectivity index (χ4v) is 3.17. The van der Waals surface area contributed by atoms with Crippen LogP contribution in [0.15, 0.2) is 0 Å². The fraction of sp³-hybridized carbons (Fsp3) is 0.929. The molecule has 1 amide bonds. The second kappa shape index (κ2) is 4.72. The van der Waals surface area contributed by atoms with E-state index in [9.17, 15) is 9.90 Å². The van der Waals surface area contributed by atoms with Crippen molar-refractivity contribution in [2.75, 3.05) is 13.1 Å². The standard InChI is InChI=1S/C14H25NO3/c1-13(2,3)18-12(17)15-9-8-14(11(16)10-15)6-4-5-7-14/h11,16H,4-10H2,1-3H3. The highest BCUT2D eigenvalue weighted by Crippen LogP contribution is 2.46. The molecule has 0 bridgehead atoms. The summed E-state index contributed by atoms with van der Waals surface area (Å²) in [6.45, 7) is 6.73. The molecule has 18 heavy (non-hydrogen) atoms. The Balaban J connectivity index is 1.94. The molecule has 1 unspecified atom stereocenters. The average molecular weight is 255 g/mol. The average Bonchev–Trinajstić information content (AvgIpc) is 2.69. The third kappa shape index (κ3) is 2.79. The van der Waals surface area contributed by atoms with Gasteiger partial charge in [-0.3, -0.25) is 0 Å². The molecule has 0 radical (unpaired) electrons. The van der Waals surface area contributed by atoms with E-state index in [1.807, 2.05) is 20.8 Å². The van der Waals surface area contributed by atoms with Crippen molar-refractivity contribution >= 4 is 6.09 Å². The Hall–Kier alpha value is -0.770. The van der Waals surface area contributed by atoms with Crippen molar-refractivity contribution in [2.24, 2.45) is 5.41 Å². The maximum Gasteiger partial charge on any atom is 0.410 e. The first kappa shape index (κ1) is 13.7. The first-order chi connectivity index (χ1) is 8.32. The fourth-order valence-electron chi connectivity index (χ4n) is 3.17. The van der Waals surface area contributed by atoms with Crippen LogP contribution < -0.4 is 0 Å². The predicted molar refractivity (Wildman–Crippen MR) is 69.3 cm³/mol. The van der Waals surface area contributed by atoms with Gasteiger partial charge in [-0.1, -0.05) is 12.8 Å². The Morgan fingerprint density at radius 1 is 1.28 bits per heavy atom. The molecule has 4 heteroatoms. The number of piperidine rings is 1. The number of nitrogens with zero attached hydrogens (tertiary/aromatic N) is 1. The molecule has 1 saturated heterocycles. The van der Waals surface area contributed by atoms with Crippen LogP contribution in [0, 0.1) is 5.41 Å². The van der Waals surface area contributed by atoms with E-state index in [-0.39, 0.29) is 17.6 Å². The highest BCUT2D eigenvalue weighted by Gasteiger charge is 2.45. The van der Waals surface area contributed by atoms with Crippen molar-refractivity contribution in [3.8, 4) is 0 Å². The molecule has 1 atom stereocenters. The van der Waals surface area contributed by atoms with Crippen LogP contribution >= 0.6 is 0 Å². The highest BCUT2D eigenvalue weighted by atomic mass is 16.6. The van der Waals surface area contributed by atoms with E-state index in [1.54, 1.807) is 4.90 Å². The zero-order chi connectivity index (χ0) is 13.4. The maximum atomic E-state index is 12.0. The summed E-state index contributed by atoms with van der Waals surface area (Å²) in [5.74, 6) is 0. The number of aliphatic hydroxyl groups is 1. The number of carbonyl (C=O) groups is 1. The van der Waals surface area contributed by atoms with Crippen LogP contribution in [0.25, 0.3) is 0 Å². The number of hydrogen-bond donors (Lipinski definition) is 1. The van der Waals surface area contributed by atoms with E-state index >= 15 is 0 Å². The minimum Gasteiger partial charge on any atom is -0.444 e. The Bertz CT molecular complexity index is 315. The Kier molecular flexibility index (Phi) is 3.58. The lowest BCUT2D eigenvalue weighted by atomic mass is 9.75.